The molecule has 0 radical (unpaired) electrons. The standard InChI is InChI=1S/C19H23N3O3/c1-12-3-9-16(10-4-12)20-18(23)14-5-7-15(8-6-14)19(24)21-17-11-13(2)25-22-17/h3-4,9-11,14-15H,5-8H2,1-2H3,(H,20,23)(H,21,22,24). The SMILES string of the molecule is Cc1ccc(NC(=O)C2CCC(C(=O)Nc3cc(C)on3)CC2)cc1. The Morgan fingerprint density at radius 1 is 0.960 bits per heavy atom. The van der Waals surface area contributed by atoms with E-state index in [0.29, 0.717) is 37.3 Å². The van der Waals surface area contributed by atoms with Gasteiger partial charge in [0.1, 0.15) is 5.76 Å². The average molecular weight is 341 g/mol. The first-order valence-electron chi connectivity index (χ1n) is 8.63. The summed E-state index contributed by atoms with van der Waals surface area (Å²) in [4.78, 5) is 24.7. The van der Waals surface area contributed by atoms with Crippen molar-refractivity contribution in [3.63, 3.8) is 0 Å². The molecule has 0 bridgehead atoms. The molecule has 0 saturated heterocycles. The van der Waals surface area contributed by atoms with E-state index in [4.69, 9.17) is 4.52 Å². The van der Waals surface area contributed by atoms with E-state index >= 15 is 0 Å². The largest absolute Gasteiger partial charge is 0.360 e. The van der Waals surface area contributed by atoms with E-state index in [0.717, 1.165) is 11.3 Å². The Kier molecular flexibility index (Phi) is 5.16. The van der Waals surface area contributed by atoms with Gasteiger partial charge in [0.05, 0.1) is 0 Å². The molecule has 1 aromatic heterocycles. The zero-order valence-corrected chi connectivity index (χ0v) is 14.5. The lowest BCUT2D eigenvalue weighted by Crippen LogP contribution is -2.32. The monoisotopic (exact) mass is 341 g/mol. The predicted molar refractivity (Wildman–Crippen MR) is 95.1 cm³/mol. The minimum absolute atomic E-state index is 0.0369. The molecular formula is C19H23N3O3. The zero-order valence-electron chi connectivity index (χ0n) is 14.5. The van der Waals surface area contributed by atoms with Crippen molar-refractivity contribution in [2.45, 2.75) is 39.5 Å². The smallest absolute Gasteiger partial charge is 0.228 e. The molecule has 2 amide bonds. The van der Waals surface area contributed by atoms with Crippen LogP contribution in [0.25, 0.3) is 0 Å². The van der Waals surface area contributed by atoms with Gasteiger partial charge in [0.25, 0.3) is 0 Å². The first-order valence-corrected chi connectivity index (χ1v) is 8.63. The third-order valence-electron chi connectivity index (χ3n) is 4.67. The van der Waals surface area contributed by atoms with Crippen LogP contribution in [0, 0.1) is 25.7 Å². The topological polar surface area (TPSA) is 84.2 Å². The van der Waals surface area contributed by atoms with Crippen molar-refractivity contribution < 1.29 is 14.1 Å². The van der Waals surface area contributed by atoms with E-state index in [2.05, 4.69) is 15.8 Å². The Balaban J connectivity index is 1.48. The van der Waals surface area contributed by atoms with Crippen molar-refractivity contribution in [2.75, 3.05) is 10.6 Å². The highest BCUT2D eigenvalue weighted by Crippen LogP contribution is 2.30. The van der Waals surface area contributed by atoms with E-state index in [9.17, 15) is 9.59 Å². The van der Waals surface area contributed by atoms with Crippen LogP contribution in [0.1, 0.15) is 37.0 Å². The molecule has 1 aliphatic rings. The van der Waals surface area contributed by atoms with Crippen molar-refractivity contribution in [3.05, 3.63) is 41.7 Å². The third-order valence-corrected chi connectivity index (χ3v) is 4.67. The van der Waals surface area contributed by atoms with Gasteiger partial charge in [-0.2, -0.15) is 0 Å². The first kappa shape index (κ1) is 17.2. The number of amides is 2. The number of benzene rings is 1. The first-order chi connectivity index (χ1) is 12.0. The maximum Gasteiger partial charge on any atom is 0.228 e. The lowest BCUT2D eigenvalue weighted by Gasteiger charge is -2.26. The molecule has 25 heavy (non-hydrogen) atoms. The summed E-state index contributed by atoms with van der Waals surface area (Å²) in [7, 11) is 0. The summed E-state index contributed by atoms with van der Waals surface area (Å²) in [6.07, 6.45) is 2.84. The Morgan fingerprint density at radius 3 is 2.04 bits per heavy atom. The Morgan fingerprint density at radius 2 is 1.52 bits per heavy atom. The van der Waals surface area contributed by atoms with Crippen molar-refractivity contribution in [1.29, 1.82) is 0 Å². The minimum atomic E-state index is -0.0829. The van der Waals surface area contributed by atoms with Crippen LogP contribution in [0.15, 0.2) is 34.9 Å². The second-order valence-corrected chi connectivity index (χ2v) is 6.72. The summed E-state index contributed by atoms with van der Waals surface area (Å²) in [5.74, 6) is 0.967. The van der Waals surface area contributed by atoms with Gasteiger partial charge in [-0.15, -0.1) is 0 Å². The summed E-state index contributed by atoms with van der Waals surface area (Å²) in [6, 6.07) is 9.46. The molecule has 2 N–H and O–H groups in total. The summed E-state index contributed by atoms with van der Waals surface area (Å²) in [5, 5.41) is 9.52. The van der Waals surface area contributed by atoms with Gasteiger partial charge in [0.15, 0.2) is 5.82 Å². The molecule has 0 unspecified atom stereocenters. The Labute approximate surface area is 147 Å². The van der Waals surface area contributed by atoms with Crippen LogP contribution < -0.4 is 10.6 Å². The molecule has 2 aromatic rings. The highest BCUT2D eigenvalue weighted by molar-refractivity contribution is 5.94. The van der Waals surface area contributed by atoms with Gasteiger partial charge in [0, 0.05) is 23.6 Å². The third kappa shape index (κ3) is 4.47. The van der Waals surface area contributed by atoms with Crippen LogP contribution >= 0.6 is 0 Å². The number of hydrogen-bond acceptors (Lipinski definition) is 4. The molecule has 6 nitrogen and oxygen atoms in total. The number of hydrogen-bond donors (Lipinski definition) is 2. The fraction of sp³-hybridized carbons (Fsp3) is 0.421. The number of aromatic nitrogens is 1. The van der Waals surface area contributed by atoms with Gasteiger partial charge < -0.3 is 15.2 Å². The number of aryl methyl sites for hydroxylation is 2. The van der Waals surface area contributed by atoms with E-state index in [1.807, 2.05) is 31.2 Å². The average Bonchev–Trinajstić information content (AvgIpc) is 3.02. The molecule has 6 heteroatoms. The second-order valence-electron chi connectivity index (χ2n) is 6.72. The van der Waals surface area contributed by atoms with Crippen LogP contribution in [-0.2, 0) is 9.59 Å². The lowest BCUT2D eigenvalue weighted by atomic mass is 9.81. The van der Waals surface area contributed by atoms with Gasteiger partial charge >= 0.3 is 0 Å². The van der Waals surface area contributed by atoms with E-state index < -0.39 is 0 Å². The molecule has 0 atom stereocenters. The summed E-state index contributed by atoms with van der Waals surface area (Å²) >= 11 is 0. The van der Waals surface area contributed by atoms with Gasteiger partial charge in [-0.25, -0.2) is 0 Å². The van der Waals surface area contributed by atoms with E-state index in [1.54, 1.807) is 13.0 Å². The molecule has 3 rings (SSSR count). The zero-order chi connectivity index (χ0) is 17.8. The Hall–Kier alpha value is -2.63. The molecule has 1 aliphatic carbocycles. The highest BCUT2D eigenvalue weighted by Gasteiger charge is 2.30. The fourth-order valence-corrected chi connectivity index (χ4v) is 3.15. The van der Waals surface area contributed by atoms with Crippen LogP contribution in [0.3, 0.4) is 0 Å². The number of carbonyl (C=O) groups excluding carboxylic acids is 2. The van der Waals surface area contributed by atoms with Crippen LogP contribution in [0.2, 0.25) is 0 Å². The minimum Gasteiger partial charge on any atom is -0.360 e. The molecule has 0 spiro atoms. The molecule has 1 saturated carbocycles. The van der Waals surface area contributed by atoms with Gasteiger partial charge in [-0.3, -0.25) is 9.59 Å². The molecule has 1 fully saturated rings. The fourth-order valence-electron chi connectivity index (χ4n) is 3.15. The normalized spacial score (nSPS) is 20.1. The second kappa shape index (κ2) is 7.51. The van der Waals surface area contributed by atoms with E-state index in [1.165, 1.54) is 0 Å². The van der Waals surface area contributed by atoms with Crippen LogP contribution in [-0.4, -0.2) is 17.0 Å². The number of rotatable bonds is 4. The molecule has 1 aromatic carbocycles. The molecule has 132 valence electrons. The molecule has 1 heterocycles. The van der Waals surface area contributed by atoms with Crippen molar-refractivity contribution >= 4 is 23.3 Å². The molecule has 0 aliphatic heterocycles. The van der Waals surface area contributed by atoms with Crippen molar-refractivity contribution in [2.24, 2.45) is 11.8 Å². The number of anilines is 2. The number of nitrogens with zero attached hydrogens (tertiary/aromatic N) is 1. The van der Waals surface area contributed by atoms with Crippen molar-refractivity contribution in [1.82, 2.24) is 5.16 Å². The number of nitrogens with one attached hydrogen (secondary N) is 2. The lowest BCUT2D eigenvalue weighted by molar-refractivity contribution is -0.125. The quantitative estimate of drug-likeness (QED) is 0.888. The summed E-state index contributed by atoms with van der Waals surface area (Å²) in [5.41, 5.74) is 1.98. The maximum absolute atomic E-state index is 12.4. The summed E-state index contributed by atoms with van der Waals surface area (Å²) in [6.45, 7) is 3.79. The van der Waals surface area contributed by atoms with Gasteiger partial charge in [-0.05, 0) is 51.7 Å². The number of carbonyl (C=O) groups is 2. The van der Waals surface area contributed by atoms with E-state index in [-0.39, 0.29) is 23.7 Å². The summed E-state index contributed by atoms with van der Waals surface area (Å²) < 4.78 is 4.95. The Bertz CT molecular complexity index is 744. The van der Waals surface area contributed by atoms with Gasteiger partial charge in [0.2, 0.25) is 11.8 Å². The maximum atomic E-state index is 12.4. The van der Waals surface area contributed by atoms with Gasteiger partial charge in [-0.1, -0.05) is 22.9 Å². The van der Waals surface area contributed by atoms with Crippen LogP contribution in [0.4, 0.5) is 11.5 Å². The predicted octanol–water partition coefficient (Wildman–Crippen LogP) is 3.68. The van der Waals surface area contributed by atoms with Crippen molar-refractivity contribution in [3.8, 4) is 0 Å². The van der Waals surface area contributed by atoms with Crippen LogP contribution in [0.5, 0.6) is 0 Å². The highest BCUT2D eigenvalue weighted by atomic mass is 16.5. The molecular weight excluding hydrogens is 318 g/mol.